The molecule has 0 atom stereocenters. The molecule has 3 heterocycles. The molecule has 12 nitrogen and oxygen atoms in total. The van der Waals surface area contributed by atoms with Gasteiger partial charge in [0.15, 0.2) is 0 Å². The molecule has 0 spiro atoms. The van der Waals surface area contributed by atoms with Crippen LogP contribution in [-0.2, 0) is 44.8 Å². The largest absolute Gasteiger partial charge is 0.285 e. The van der Waals surface area contributed by atoms with Crippen LogP contribution in [0.5, 0.6) is 0 Å². The second-order valence-corrected chi connectivity index (χ2v) is 20.7. The monoisotopic (exact) mass is 764 g/mol. The molecule has 0 bridgehead atoms. The third-order valence-corrected chi connectivity index (χ3v) is 14.0. The van der Waals surface area contributed by atoms with Crippen LogP contribution in [0.3, 0.4) is 0 Å². The molecule has 6 aromatic rings. The molecule has 15 heteroatoms. The van der Waals surface area contributed by atoms with Crippen molar-refractivity contribution < 1.29 is 25.9 Å². The molecule has 0 aliphatic carbocycles. The van der Waals surface area contributed by atoms with Gasteiger partial charge in [0.05, 0.1) is 13.1 Å². The highest BCUT2D eigenvalue weighted by Gasteiger charge is 2.43. The van der Waals surface area contributed by atoms with Crippen molar-refractivity contribution in [3.63, 3.8) is 0 Å². The van der Waals surface area contributed by atoms with E-state index >= 15 is 0 Å². The number of rotatable bonds is 12. The lowest BCUT2D eigenvalue weighted by atomic mass is 9.89. The highest BCUT2D eigenvalue weighted by molar-refractivity contribution is 7.85. The van der Waals surface area contributed by atoms with E-state index in [1.807, 2.05) is 12.1 Å². The lowest BCUT2D eigenvalue weighted by Gasteiger charge is -2.27. The lowest BCUT2D eigenvalue weighted by Crippen LogP contribution is -2.28. The van der Waals surface area contributed by atoms with E-state index in [9.17, 15) is 25.9 Å². The average molecular weight is 765 g/mol. The zero-order chi connectivity index (χ0) is 37.4. The Morgan fingerprint density at radius 1 is 0.528 bits per heavy atom. The van der Waals surface area contributed by atoms with Crippen molar-refractivity contribution in [1.82, 2.24) is 30.0 Å². The molecule has 2 N–H and O–H groups in total. The predicted octanol–water partition coefficient (Wildman–Crippen LogP) is 6.06. The van der Waals surface area contributed by atoms with E-state index in [4.69, 9.17) is 0 Å². The highest BCUT2D eigenvalue weighted by Crippen LogP contribution is 2.55. The van der Waals surface area contributed by atoms with Gasteiger partial charge in [-0.1, -0.05) is 133 Å². The van der Waals surface area contributed by atoms with E-state index in [2.05, 4.69) is 131 Å². The summed E-state index contributed by atoms with van der Waals surface area (Å²) in [5.74, 6) is -1.18. The summed E-state index contributed by atoms with van der Waals surface area (Å²) in [6.45, 7) is 5.53. The summed E-state index contributed by atoms with van der Waals surface area (Å²) in [7, 11) is -10.9. The smallest absolute Gasteiger partial charge is 0.270 e. The van der Waals surface area contributed by atoms with Crippen LogP contribution in [0.15, 0.2) is 122 Å². The molecular formula is C38H36N6O6S2Si. The fourth-order valence-electron chi connectivity index (χ4n) is 7.06. The Bertz CT molecular complexity index is 2390. The minimum Gasteiger partial charge on any atom is -0.285 e. The third kappa shape index (κ3) is 8.19. The van der Waals surface area contributed by atoms with Gasteiger partial charge in [0, 0.05) is 12.4 Å². The maximum absolute atomic E-state index is 11.3. The molecule has 1 aliphatic heterocycles. The van der Waals surface area contributed by atoms with Crippen LogP contribution in [0, 0.1) is 0 Å². The van der Waals surface area contributed by atoms with Crippen molar-refractivity contribution >= 4 is 49.8 Å². The van der Waals surface area contributed by atoms with E-state index in [1.54, 1.807) is 9.36 Å². The molecule has 0 saturated heterocycles. The Kier molecular flexibility index (Phi) is 9.69. The quantitative estimate of drug-likeness (QED) is 0.110. The van der Waals surface area contributed by atoms with Gasteiger partial charge in [0.25, 0.3) is 20.2 Å². The minimum absolute atomic E-state index is 0.170. The summed E-state index contributed by atoms with van der Waals surface area (Å²) in [5, 5.41) is 18.5. The Labute approximate surface area is 308 Å². The van der Waals surface area contributed by atoms with Gasteiger partial charge in [0.2, 0.25) is 0 Å². The van der Waals surface area contributed by atoms with Crippen LogP contribution >= 0.6 is 0 Å². The van der Waals surface area contributed by atoms with Gasteiger partial charge in [-0.2, -0.15) is 16.8 Å². The van der Waals surface area contributed by atoms with Crippen molar-refractivity contribution in [3.05, 3.63) is 166 Å². The summed E-state index contributed by atoms with van der Waals surface area (Å²) in [4.78, 5) is 0. The standard InChI is InChI=1S/C38H36N6O6S2Si/c1-53(2)37(31-17-13-27(14-18-31)21-43-23-33(39-41-43)25-51(45,46)47)35(29-9-5-3-6-10-29)36(30-11-7-4-8-12-30)38(53)32-19-15-28(16-20-32)22-44-24-34(40-42-44)26-52(48,49)50/h3-20,23-24H,21-22,25-26H2,1-2H3,(H,45,46,47)(H,48,49,50). The van der Waals surface area contributed by atoms with E-state index in [-0.39, 0.29) is 11.4 Å². The number of hydrogen-bond donors (Lipinski definition) is 2. The SMILES string of the molecule is C[Si]1(C)C(c2ccc(Cn3cc(CS(=O)(=O)O)nn3)cc2)=C(c2ccccc2)C(c2ccccc2)=C1c1ccc(Cn2cc(CS(=O)(=O)O)nn2)cc1. The maximum atomic E-state index is 11.3. The average Bonchev–Trinajstić information content (AvgIpc) is 3.80. The first-order valence-corrected chi connectivity index (χ1v) is 22.9. The van der Waals surface area contributed by atoms with Gasteiger partial charge in [-0.05, 0) is 54.9 Å². The normalized spacial score (nSPS) is 14.6. The van der Waals surface area contributed by atoms with Gasteiger partial charge in [-0.25, -0.2) is 9.36 Å². The highest BCUT2D eigenvalue weighted by atomic mass is 32.2. The number of nitrogens with zero attached hydrogens (tertiary/aromatic N) is 6. The van der Waals surface area contributed by atoms with Gasteiger partial charge >= 0.3 is 0 Å². The van der Waals surface area contributed by atoms with Gasteiger partial charge in [-0.3, -0.25) is 9.11 Å². The summed E-state index contributed by atoms with van der Waals surface area (Å²) >= 11 is 0. The Morgan fingerprint density at radius 3 is 1.23 bits per heavy atom. The summed E-state index contributed by atoms with van der Waals surface area (Å²) in [6.07, 6.45) is 3.04. The van der Waals surface area contributed by atoms with Gasteiger partial charge < -0.3 is 0 Å². The second kappa shape index (κ2) is 14.2. The molecule has 0 fully saturated rings. The number of benzene rings is 4. The first-order chi connectivity index (χ1) is 25.2. The molecule has 0 saturated carbocycles. The summed E-state index contributed by atoms with van der Waals surface area (Å²) in [5.41, 5.74) is 9.12. The lowest BCUT2D eigenvalue weighted by molar-refractivity contribution is 0.479. The minimum atomic E-state index is -4.21. The van der Waals surface area contributed by atoms with Crippen LogP contribution in [0.2, 0.25) is 13.1 Å². The summed E-state index contributed by atoms with van der Waals surface area (Å²) < 4.78 is 66.7. The van der Waals surface area contributed by atoms with Crippen molar-refractivity contribution in [2.45, 2.75) is 37.7 Å². The Hall–Kier alpha value is -5.32. The molecule has 0 unspecified atom stereocenters. The van der Waals surface area contributed by atoms with E-state index in [1.165, 1.54) is 33.9 Å². The van der Waals surface area contributed by atoms with Crippen molar-refractivity contribution in [2.75, 3.05) is 0 Å². The van der Waals surface area contributed by atoms with E-state index in [0.29, 0.717) is 13.1 Å². The van der Waals surface area contributed by atoms with E-state index in [0.717, 1.165) is 33.4 Å². The van der Waals surface area contributed by atoms with Crippen LogP contribution in [-0.4, -0.2) is 64.0 Å². The van der Waals surface area contributed by atoms with Crippen molar-refractivity contribution in [1.29, 1.82) is 0 Å². The summed E-state index contributed by atoms with van der Waals surface area (Å²) in [6, 6.07) is 37.7. The number of aromatic nitrogens is 6. The van der Waals surface area contributed by atoms with E-state index < -0.39 is 39.8 Å². The molecule has 53 heavy (non-hydrogen) atoms. The molecule has 0 amide bonds. The zero-order valence-corrected chi connectivity index (χ0v) is 31.5. The molecule has 270 valence electrons. The van der Waals surface area contributed by atoms with Crippen molar-refractivity contribution in [3.8, 4) is 0 Å². The molecule has 7 rings (SSSR count). The molecule has 2 aromatic heterocycles. The van der Waals surface area contributed by atoms with Crippen LogP contribution in [0.25, 0.3) is 21.5 Å². The van der Waals surface area contributed by atoms with Crippen LogP contribution in [0.1, 0.15) is 44.8 Å². The Balaban J connectivity index is 1.27. The van der Waals surface area contributed by atoms with Crippen LogP contribution in [0.4, 0.5) is 0 Å². The predicted molar refractivity (Wildman–Crippen MR) is 206 cm³/mol. The molecule has 1 aliphatic rings. The number of allylic oxidation sites excluding steroid dienone is 2. The molecule has 4 aromatic carbocycles. The molecular weight excluding hydrogens is 729 g/mol. The fraction of sp³-hybridized carbons (Fsp3) is 0.158. The fourth-order valence-corrected chi connectivity index (χ4v) is 11.9. The third-order valence-electron chi connectivity index (χ3n) is 9.13. The van der Waals surface area contributed by atoms with Gasteiger partial charge in [-0.15, -0.1) is 10.2 Å². The first-order valence-electron chi connectivity index (χ1n) is 16.7. The van der Waals surface area contributed by atoms with Gasteiger partial charge in [0.1, 0.15) is 31.0 Å². The second-order valence-electron chi connectivity index (χ2n) is 13.5. The maximum Gasteiger partial charge on any atom is 0.270 e. The number of hydrogen-bond acceptors (Lipinski definition) is 8. The van der Waals surface area contributed by atoms with Crippen LogP contribution < -0.4 is 0 Å². The van der Waals surface area contributed by atoms with Crippen molar-refractivity contribution in [2.24, 2.45) is 0 Å². The molecule has 0 radical (unpaired) electrons. The topological polar surface area (TPSA) is 170 Å². The zero-order valence-electron chi connectivity index (χ0n) is 28.9. The Morgan fingerprint density at radius 2 is 0.887 bits per heavy atom. The first kappa shape index (κ1) is 36.1.